The summed E-state index contributed by atoms with van der Waals surface area (Å²) in [4.78, 5) is 13.7. The number of rotatable bonds is 8. The molecule has 1 aromatic rings. The number of hydrogen-bond acceptors (Lipinski definition) is 2. The lowest BCUT2D eigenvalue weighted by Gasteiger charge is -2.62. The topological polar surface area (TPSA) is 29.1 Å². The van der Waals surface area contributed by atoms with Gasteiger partial charge in [0.25, 0.3) is 0 Å². The first-order valence-corrected chi connectivity index (χ1v) is 17.0. The highest BCUT2D eigenvalue weighted by atomic mass is 32.2. The van der Waals surface area contributed by atoms with Crippen molar-refractivity contribution in [3.63, 3.8) is 0 Å². The van der Waals surface area contributed by atoms with Crippen molar-refractivity contribution in [3.8, 4) is 0 Å². The molecule has 1 amide bonds. The second kappa shape index (κ2) is 11.5. The van der Waals surface area contributed by atoms with E-state index in [0.29, 0.717) is 16.1 Å². The largest absolute Gasteiger partial charge is 0.352 e. The molecule has 4 fully saturated rings. The molecule has 5 rings (SSSR count). The van der Waals surface area contributed by atoms with E-state index in [9.17, 15) is 4.79 Å². The fourth-order valence-electron chi connectivity index (χ4n) is 10.5. The highest BCUT2D eigenvalue weighted by molar-refractivity contribution is 8.00. The minimum Gasteiger partial charge on any atom is -0.352 e. The summed E-state index contributed by atoms with van der Waals surface area (Å²) in [6.07, 6.45) is 15.3. The average Bonchev–Trinajstić information content (AvgIpc) is 3.22. The van der Waals surface area contributed by atoms with Crippen molar-refractivity contribution in [1.29, 1.82) is 0 Å². The van der Waals surface area contributed by atoms with Gasteiger partial charge in [-0.15, -0.1) is 11.8 Å². The fourth-order valence-corrected chi connectivity index (χ4v) is 11.8. The molecular weight excluding hydrogens is 482 g/mol. The van der Waals surface area contributed by atoms with E-state index in [2.05, 4.69) is 70.3 Å². The summed E-state index contributed by atoms with van der Waals surface area (Å²) in [6.45, 7) is 14.4. The van der Waals surface area contributed by atoms with Gasteiger partial charge in [-0.1, -0.05) is 72.1 Å². The van der Waals surface area contributed by atoms with Crippen molar-refractivity contribution in [2.45, 2.75) is 128 Å². The standard InChI is InChI=1S/C35H55NOS/c1-23(2)11-10-12-24(3)29-17-18-30-28-16-15-26-21-33(38-27-13-8-7-9-14-27)32(36-25(4)37)22-35(26,6)31(28)19-20-34(29,30)5/h7-9,13-14,23-24,26,28-33H,10-12,15-22H2,1-6H3,(H,36,37). The van der Waals surface area contributed by atoms with Gasteiger partial charge in [-0.05, 0) is 116 Å². The van der Waals surface area contributed by atoms with Crippen LogP contribution in [-0.4, -0.2) is 17.2 Å². The van der Waals surface area contributed by atoms with Crippen molar-refractivity contribution in [2.75, 3.05) is 0 Å². The lowest BCUT2D eigenvalue weighted by atomic mass is 9.44. The minimum atomic E-state index is 0.143. The van der Waals surface area contributed by atoms with Crippen molar-refractivity contribution in [1.82, 2.24) is 5.32 Å². The van der Waals surface area contributed by atoms with Gasteiger partial charge in [-0.25, -0.2) is 0 Å². The Labute approximate surface area is 238 Å². The molecule has 4 aliphatic carbocycles. The van der Waals surface area contributed by atoms with Crippen LogP contribution in [0.4, 0.5) is 0 Å². The Kier molecular flexibility index (Phi) is 8.64. The number of benzene rings is 1. The quantitative estimate of drug-likeness (QED) is 0.358. The van der Waals surface area contributed by atoms with Gasteiger partial charge < -0.3 is 5.32 Å². The first-order valence-electron chi connectivity index (χ1n) is 16.1. The maximum absolute atomic E-state index is 12.3. The van der Waals surface area contributed by atoms with Crippen LogP contribution < -0.4 is 5.32 Å². The molecule has 212 valence electrons. The predicted octanol–water partition coefficient (Wildman–Crippen LogP) is 9.38. The van der Waals surface area contributed by atoms with Crippen LogP contribution in [0.5, 0.6) is 0 Å². The Morgan fingerprint density at radius 2 is 1.71 bits per heavy atom. The monoisotopic (exact) mass is 537 g/mol. The predicted molar refractivity (Wildman–Crippen MR) is 162 cm³/mol. The van der Waals surface area contributed by atoms with E-state index in [1.54, 1.807) is 6.92 Å². The van der Waals surface area contributed by atoms with Crippen LogP contribution in [0.15, 0.2) is 35.2 Å². The molecule has 38 heavy (non-hydrogen) atoms. The number of amides is 1. The van der Waals surface area contributed by atoms with Crippen LogP contribution in [0, 0.1) is 52.3 Å². The van der Waals surface area contributed by atoms with E-state index in [4.69, 9.17) is 0 Å². The van der Waals surface area contributed by atoms with E-state index in [0.717, 1.165) is 41.4 Å². The average molecular weight is 538 g/mol. The number of carbonyl (C=O) groups is 1. The Hall–Kier alpha value is -0.960. The van der Waals surface area contributed by atoms with Crippen LogP contribution in [0.3, 0.4) is 0 Å². The summed E-state index contributed by atoms with van der Waals surface area (Å²) in [5.74, 6) is 6.25. The fraction of sp³-hybridized carbons (Fsp3) is 0.800. The van der Waals surface area contributed by atoms with Gasteiger partial charge >= 0.3 is 0 Å². The van der Waals surface area contributed by atoms with Crippen LogP contribution in [0.2, 0.25) is 0 Å². The highest BCUT2D eigenvalue weighted by Gasteiger charge is 2.61. The van der Waals surface area contributed by atoms with Crippen LogP contribution >= 0.6 is 11.8 Å². The number of carbonyl (C=O) groups excluding carboxylic acids is 1. The Morgan fingerprint density at radius 3 is 2.42 bits per heavy atom. The third kappa shape index (κ3) is 5.48. The van der Waals surface area contributed by atoms with Gasteiger partial charge in [0.05, 0.1) is 0 Å². The second-order valence-corrected chi connectivity index (χ2v) is 16.2. The maximum atomic E-state index is 12.3. The SMILES string of the molecule is CC(=O)NC1CC2(C)C(CCC3C2CCC2(C)C(C(C)CCCC(C)C)CCC32)CC1Sc1ccccc1. The number of hydrogen-bond donors (Lipinski definition) is 1. The smallest absolute Gasteiger partial charge is 0.217 e. The van der Waals surface area contributed by atoms with Gasteiger partial charge in [-0.3, -0.25) is 4.79 Å². The minimum absolute atomic E-state index is 0.143. The molecule has 0 bridgehead atoms. The molecule has 0 radical (unpaired) electrons. The normalized spacial score (nSPS) is 41.2. The molecule has 0 saturated heterocycles. The van der Waals surface area contributed by atoms with Crippen molar-refractivity contribution in [3.05, 3.63) is 30.3 Å². The maximum Gasteiger partial charge on any atom is 0.217 e. The zero-order valence-electron chi connectivity index (χ0n) is 25.2. The molecule has 4 aliphatic rings. The molecule has 10 unspecified atom stereocenters. The summed E-state index contributed by atoms with van der Waals surface area (Å²) < 4.78 is 0. The molecule has 3 heteroatoms. The van der Waals surface area contributed by atoms with E-state index in [-0.39, 0.29) is 11.9 Å². The van der Waals surface area contributed by atoms with Crippen LogP contribution in [0.25, 0.3) is 0 Å². The molecule has 10 atom stereocenters. The Morgan fingerprint density at radius 1 is 0.974 bits per heavy atom. The first-order chi connectivity index (χ1) is 18.1. The zero-order valence-corrected chi connectivity index (χ0v) is 26.0. The third-order valence-corrected chi connectivity index (χ3v) is 13.7. The third-order valence-electron chi connectivity index (χ3n) is 12.3. The lowest BCUT2D eigenvalue weighted by molar-refractivity contribution is -0.126. The first kappa shape index (κ1) is 28.6. The van der Waals surface area contributed by atoms with Gasteiger partial charge in [-0.2, -0.15) is 0 Å². The summed E-state index contributed by atoms with van der Waals surface area (Å²) in [7, 11) is 0. The van der Waals surface area contributed by atoms with E-state index in [1.807, 2.05) is 11.8 Å². The van der Waals surface area contributed by atoms with Gasteiger partial charge in [0.2, 0.25) is 5.91 Å². The van der Waals surface area contributed by atoms with Crippen LogP contribution in [0.1, 0.15) is 112 Å². The molecule has 0 aromatic heterocycles. The van der Waals surface area contributed by atoms with Crippen molar-refractivity contribution >= 4 is 17.7 Å². The number of fused-ring (bicyclic) bond motifs is 5. The molecule has 4 saturated carbocycles. The summed E-state index contributed by atoms with van der Waals surface area (Å²) in [5.41, 5.74) is 0.922. The van der Waals surface area contributed by atoms with Crippen molar-refractivity contribution in [2.24, 2.45) is 52.3 Å². The van der Waals surface area contributed by atoms with Crippen molar-refractivity contribution < 1.29 is 4.79 Å². The summed E-state index contributed by atoms with van der Waals surface area (Å²) >= 11 is 2.01. The summed E-state index contributed by atoms with van der Waals surface area (Å²) in [5, 5.41) is 3.93. The Balaban J connectivity index is 1.31. The second-order valence-electron chi connectivity index (χ2n) is 14.9. The molecule has 0 spiro atoms. The van der Waals surface area contributed by atoms with E-state index < -0.39 is 0 Å². The number of thioether (sulfide) groups is 1. The van der Waals surface area contributed by atoms with Gasteiger partial charge in [0.1, 0.15) is 0 Å². The van der Waals surface area contributed by atoms with E-state index >= 15 is 0 Å². The lowest BCUT2D eigenvalue weighted by Crippen LogP contribution is -2.59. The van der Waals surface area contributed by atoms with Gasteiger partial charge in [0, 0.05) is 23.1 Å². The van der Waals surface area contributed by atoms with E-state index in [1.165, 1.54) is 75.5 Å². The van der Waals surface area contributed by atoms with Gasteiger partial charge in [0.15, 0.2) is 0 Å². The summed E-state index contributed by atoms with van der Waals surface area (Å²) in [6, 6.07) is 11.2. The molecule has 0 heterocycles. The number of nitrogens with one attached hydrogen (secondary N) is 1. The molecular formula is C35H55NOS. The zero-order chi connectivity index (χ0) is 27.1. The molecule has 2 nitrogen and oxygen atoms in total. The molecule has 1 aromatic carbocycles. The Bertz CT molecular complexity index is 947. The molecule has 1 N–H and O–H groups in total. The van der Waals surface area contributed by atoms with Crippen LogP contribution in [-0.2, 0) is 4.79 Å². The molecule has 0 aliphatic heterocycles. The highest BCUT2D eigenvalue weighted by Crippen LogP contribution is 2.68.